The summed E-state index contributed by atoms with van der Waals surface area (Å²) in [7, 11) is 0. The fourth-order valence-corrected chi connectivity index (χ4v) is 3.57. The Bertz CT molecular complexity index is 714. The van der Waals surface area contributed by atoms with Gasteiger partial charge in [-0.1, -0.05) is 12.1 Å². The SMILES string of the molecule is Cc1ccsc1CN(Cc1nc2ccccc2[nH]1)C[C@H](C)O. The molecule has 0 aliphatic rings. The fraction of sp³-hybridized carbons (Fsp3) is 0.353. The molecule has 22 heavy (non-hydrogen) atoms. The summed E-state index contributed by atoms with van der Waals surface area (Å²) in [5.41, 5.74) is 3.36. The van der Waals surface area contributed by atoms with Crippen LogP contribution in [0.4, 0.5) is 0 Å². The van der Waals surface area contributed by atoms with Crippen LogP contribution in [0.3, 0.4) is 0 Å². The van der Waals surface area contributed by atoms with Crippen molar-refractivity contribution in [3.63, 3.8) is 0 Å². The van der Waals surface area contributed by atoms with Crippen molar-refractivity contribution in [3.05, 3.63) is 52.0 Å². The Morgan fingerprint density at radius 3 is 2.77 bits per heavy atom. The number of rotatable bonds is 6. The number of H-pyrrole nitrogens is 1. The van der Waals surface area contributed by atoms with Crippen LogP contribution in [0.2, 0.25) is 0 Å². The highest BCUT2D eigenvalue weighted by Crippen LogP contribution is 2.19. The molecule has 0 unspecified atom stereocenters. The first-order valence-electron chi connectivity index (χ1n) is 7.49. The summed E-state index contributed by atoms with van der Waals surface area (Å²) < 4.78 is 0. The van der Waals surface area contributed by atoms with E-state index in [-0.39, 0.29) is 6.10 Å². The second-order valence-corrected chi connectivity index (χ2v) is 6.75. The van der Waals surface area contributed by atoms with Gasteiger partial charge in [-0.15, -0.1) is 11.3 Å². The van der Waals surface area contributed by atoms with Crippen LogP contribution in [-0.2, 0) is 13.1 Å². The van der Waals surface area contributed by atoms with Gasteiger partial charge in [0.15, 0.2) is 0 Å². The number of nitrogens with one attached hydrogen (secondary N) is 1. The zero-order valence-corrected chi connectivity index (χ0v) is 13.7. The van der Waals surface area contributed by atoms with Gasteiger partial charge in [0.1, 0.15) is 5.82 Å². The van der Waals surface area contributed by atoms with Gasteiger partial charge in [-0.3, -0.25) is 4.90 Å². The molecule has 116 valence electrons. The molecule has 0 spiro atoms. The lowest BCUT2D eigenvalue weighted by atomic mass is 10.2. The maximum atomic E-state index is 9.77. The van der Waals surface area contributed by atoms with Gasteiger partial charge in [0.2, 0.25) is 0 Å². The van der Waals surface area contributed by atoms with Crippen molar-refractivity contribution in [2.75, 3.05) is 6.54 Å². The molecule has 0 aliphatic heterocycles. The lowest BCUT2D eigenvalue weighted by Crippen LogP contribution is -2.30. The molecular formula is C17H21N3OS. The van der Waals surface area contributed by atoms with Crippen molar-refractivity contribution in [1.82, 2.24) is 14.9 Å². The van der Waals surface area contributed by atoms with E-state index in [0.29, 0.717) is 13.1 Å². The van der Waals surface area contributed by atoms with Gasteiger partial charge in [0.25, 0.3) is 0 Å². The van der Waals surface area contributed by atoms with E-state index in [1.165, 1.54) is 10.4 Å². The number of fused-ring (bicyclic) bond motifs is 1. The summed E-state index contributed by atoms with van der Waals surface area (Å²) in [6.45, 7) is 6.14. The van der Waals surface area contributed by atoms with Crippen molar-refractivity contribution in [3.8, 4) is 0 Å². The Balaban J connectivity index is 1.78. The molecule has 0 amide bonds. The zero-order chi connectivity index (χ0) is 15.5. The third-order valence-corrected chi connectivity index (χ3v) is 4.68. The average molecular weight is 315 g/mol. The van der Waals surface area contributed by atoms with Crippen LogP contribution in [0.1, 0.15) is 23.2 Å². The minimum Gasteiger partial charge on any atom is -0.392 e. The van der Waals surface area contributed by atoms with Crippen molar-refractivity contribution in [1.29, 1.82) is 0 Å². The molecule has 1 atom stereocenters. The van der Waals surface area contributed by atoms with Gasteiger partial charge in [-0.05, 0) is 43.0 Å². The van der Waals surface area contributed by atoms with Gasteiger partial charge >= 0.3 is 0 Å². The van der Waals surface area contributed by atoms with E-state index >= 15 is 0 Å². The molecule has 4 nitrogen and oxygen atoms in total. The summed E-state index contributed by atoms with van der Waals surface area (Å²) in [6, 6.07) is 10.2. The first-order chi connectivity index (χ1) is 10.6. The number of para-hydroxylation sites is 2. The predicted molar refractivity (Wildman–Crippen MR) is 90.9 cm³/mol. The normalized spacial score (nSPS) is 13.1. The summed E-state index contributed by atoms with van der Waals surface area (Å²) in [6.07, 6.45) is -0.357. The molecule has 2 aromatic heterocycles. The minimum absolute atomic E-state index is 0.357. The molecule has 1 aromatic carbocycles. The number of aromatic nitrogens is 2. The molecular weight excluding hydrogens is 294 g/mol. The van der Waals surface area contributed by atoms with Gasteiger partial charge in [-0.2, -0.15) is 0 Å². The Morgan fingerprint density at radius 2 is 2.09 bits per heavy atom. The van der Waals surface area contributed by atoms with E-state index < -0.39 is 0 Å². The highest BCUT2D eigenvalue weighted by molar-refractivity contribution is 7.10. The summed E-state index contributed by atoms with van der Waals surface area (Å²) in [5.74, 6) is 0.941. The molecule has 2 N–H and O–H groups in total. The zero-order valence-electron chi connectivity index (χ0n) is 12.9. The Kier molecular flexibility index (Phi) is 4.57. The number of aryl methyl sites for hydroxylation is 1. The molecule has 3 rings (SSSR count). The molecule has 0 radical (unpaired) electrons. The maximum Gasteiger partial charge on any atom is 0.121 e. The molecule has 0 saturated heterocycles. The van der Waals surface area contributed by atoms with E-state index in [9.17, 15) is 5.11 Å². The van der Waals surface area contributed by atoms with Crippen LogP contribution in [0.15, 0.2) is 35.7 Å². The molecule has 0 fully saturated rings. The summed E-state index contributed by atoms with van der Waals surface area (Å²) >= 11 is 1.77. The monoisotopic (exact) mass is 315 g/mol. The van der Waals surface area contributed by atoms with Crippen molar-refractivity contribution >= 4 is 22.4 Å². The van der Waals surface area contributed by atoms with Gasteiger partial charge in [0, 0.05) is 18.0 Å². The van der Waals surface area contributed by atoms with E-state index in [1.54, 1.807) is 11.3 Å². The number of aliphatic hydroxyl groups excluding tert-OH is 1. The first-order valence-corrected chi connectivity index (χ1v) is 8.37. The highest BCUT2D eigenvalue weighted by Gasteiger charge is 2.14. The Morgan fingerprint density at radius 1 is 1.27 bits per heavy atom. The van der Waals surface area contributed by atoms with Crippen molar-refractivity contribution in [2.45, 2.75) is 33.0 Å². The first kappa shape index (κ1) is 15.2. The van der Waals surface area contributed by atoms with E-state index in [4.69, 9.17) is 0 Å². The van der Waals surface area contributed by atoms with Crippen LogP contribution in [0.5, 0.6) is 0 Å². The van der Waals surface area contributed by atoms with Crippen molar-refractivity contribution < 1.29 is 5.11 Å². The largest absolute Gasteiger partial charge is 0.392 e. The van der Waals surface area contributed by atoms with Gasteiger partial charge in [0.05, 0.1) is 23.7 Å². The molecule has 3 aromatic rings. The third-order valence-electron chi connectivity index (χ3n) is 3.67. The fourth-order valence-electron chi connectivity index (χ4n) is 2.62. The van der Waals surface area contributed by atoms with Gasteiger partial charge in [-0.25, -0.2) is 4.98 Å². The molecule has 5 heteroatoms. The molecule has 2 heterocycles. The second kappa shape index (κ2) is 6.60. The summed E-state index contributed by atoms with van der Waals surface area (Å²) in [5, 5.41) is 11.9. The third kappa shape index (κ3) is 3.55. The number of imidazole rings is 1. The number of benzene rings is 1. The molecule has 0 saturated carbocycles. The van der Waals surface area contributed by atoms with Crippen LogP contribution in [0, 0.1) is 6.92 Å². The van der Waals surface area contributed by atoms with Crippen LogP contribution in [-0.4, -0.2) is 32.6 Å². The predicted octanol–water partition coefficient (Wildman–Crippen LogP) is 3.32. The number of hydrogen-bond donors (Lipinski definition) is 2. The second-order valence-electron chi connectivity index (χ2n) is 5.75. The number of thiophene rings is 1. The standard InChI is InChI=1S/C17H21N3OS/c1-12-7-8-22-16(12)10-20(9-13(2)21)11-17-18-14-5-3-4-6-15(14)19-17/h3-8,13,21H,9-11H2,1-2H3,(H,18,19)/t13-/m0/s1. The lowest BCUT2D eigenvalue weighted by molar-refractivity contribution is 0.117. The number of aliphatic hydroxyl groups is 1. The minimum atomic E-state index is -0.357. The van der Waals surface area contributed by atoms with Crippen LogP contribution < -0.4 is 0 Å². The van der Waals surface area contributed by atoms with E-state index in [0.717, 1.165) is 23.4 Å². The van der Waals surface area contributed by atoms with Gasteiger partial charge < -0.3 is 10.1 Å². The topological polar surface area (TPSA) is 52.2 Å². The smallest absolute Gasteiger partial charge is 0.121 e. The Hall–Kier alpha value is -1.69. The number of hydrogen-bond acceptors (Lipinski definition) is 4. The van der Waals surface area contributed by atoms with E-state index in [2.05, 4.69) is 33.2 Å². The maximum absolute atomic E-state index is 9.77. The van der Waals surface area contributed by atoms with Crippen LogP contribution in [0.25, 0.3) is 11.0 Å². The lowest BCUT2D eigenvalue weighted by Gasteiger charge is -2.22. The van der Waals surface area contributed by atoms with Crippen molar-refractivity contribution in [2.24, 2.45) is 0 Å². The quantitative estimate of drug-likeness (QED) is 0.734. The molecule has 0 bridgehead atoms. The molecule has 0 aliphatic carbocycles. The van der Waals surface area contributed by atoms with Crippen LogP contribution >= 0.6 is 11.3 Å². The average Bonchev–Trinajstić information content (AvgIpc) is 3.04. The number of aromatic amines is 1. The van der Waals surface area contributed by atoms with E-state index in [1.807, 2.05) is 31.2 Å². The Labute approximate surface area is 134 Å². The summed E-state index contributed by atoms with van der Waals surface area (Å²) in [4.78, 5) is 11.6. The number of nitrogens with zero attached hydrogens (tertiary/aromatic N) is 2. The highest BCUT2D eigenvalue weighted by atomic mass is 32.1.